The molecule has 3 rings (SSSR count). The van der Waals surface area contributed by atoms with Gasteiger partial charge in [0.25, 0.3) is 5.91 Å². The molecule has 19 heavy (non-hydrogen) atoms. The second kappa shape index (κ2) is 4.90. The van der Waals surface area contributed by atoms with Crippen LogP contribution in [0.25, 0.3) is 10.8 Å². The second-order valence-electron chi connectivity index (χ2n) is 4.82. The molecular weight excluding hydrogens is 240 g/mol. The first-order valence-electron chi connectivity index (χ1n) is 6.41. The summed E-state index contributed by atoms with van der Waals surface area (Å²) < 4.78 is 5.25. The maximum absolute atomic E-state index is 12.2. The van der Waals surface area contributed by atoms with E-state index in [0.29, 0.717) is 24.5 Å². The molecule has 0 spiro atoms. The van der Waals surface area contributed by atoms with Gasteiger partial charge < -0.3 is 15.8 Å². The Kier molecular flexibility index (Phi) is 3.09. The first-order chi connectivity index (χ1) is 9.24. The molecule has 1 fully saturated rings. The molecular formula is C15H16N2O2. The first-order valence-corrected chi connectivity index (χ1v) is 6.41. The van der Waals surface area contributed by atoms with Gasteiger partial charge in [0, 0.05) is 12.3 Å². The van der Waals surface area contributed by atoms with Gasteiger partial charge in [0.05, 0.1) is 18.2 Å². The van der Waals surface area contributed by atoms with E-state index in [1.807, 2.05) is 36.4 Å². The first kappa shape index (κ1) is 12.0. The molecule has 4 heteroatoms. The number of anilines is 1. The summed E-state index contributed by atoms with van der Waals surface area (Å²) in [5, 5.41) is 5.02. The van der Waals surface area contributed by atoms with Crippen molar-refractivity contribution in [2.24, 2.45) is 0 Å². The summed E-state index contributed by atoms with van der Waals surface area (Å²) in [6.45, 7) is 1.29. The average molecular weight is 256 g/mol. The molecule has 1 saturated heterocycles. The van der Waals surface area contributed by atoms with Crippen molar-refractivity contribution in [1.29, 1.82) is 0 Å². The summed E-state index contributed by atoms with van der Waals surface area (Å²) >= 11 is 0. The van der Waals surface area contributed by atoms with Gasteiger partial charge in [-0.25, -0.2) is 0 Å². The lowest BCUT2D eigenvalue weighted by Gasteiger charge is -2.12. The zero-order chi connectivity index (χ0) is 13.2. The predicted molar refractivity (Wildman–Crippen MR) is 75.1 cm³/mol. The van der Waals surface area contributed by atoms with E-state index in [4.69, 9.17) is 10.5 Å². The van der Waals surface area contributed by atoms with Crippen molar-refractivity contribution in [2.45, 2.75) is 12.5 Å². The number of nitrogens with one attached hydrogen (secondary N) is 1. The lowest BCUT2D eigenvalue weighted by atomic mass is 10.0. The van der Waals surface area contributed by atoms with Crippen LogP contribution in [0.2, 0.25) is 0 Å². The van der Waals surface area contributed by atoms with E-state index in [0.717, 1.165) is 17.2 Å². The zero-order valence-corrected chi connectivity index (χ0v) is 10.6. The molecule has 2 aromatic rings. The molecule has 0 bridgehead atoms. The van der Waals surface area contributed by atoms with E-state index in [9.17, 15) is 4.79 Å². The van der Waals surface area contributed by atoms with Gasteiger partial charge in [0.15, 0.2) is 0 Å². The van der Waals surface area contributed by atoms with Gasteiger partial charge in [-0.2, -0.15) is 0 Å². The topological polar surface area (TPSA) is 64.4 Å². The Balaban J connectivity index is 1.90. The SMILES string of the molecule is Nc1cc2ccccc2cc1C(=O)NC1CCOC1. The van der Waals surface area contributed by atoms with Gasteiger partial charge in [-0.3, -0.25) is 4.79 Å². The predicted octanol–water partition coefficient (Wildman–Crippen LogP) is 1.94. The minimum absolute atomic E-state index is 0.0957. The van der Waals surface area contributed by atoms with E-state index in [2.05, 4.69) is 5.32 Å². The molecule has 1 unspecified atom stereocenters. The van der Waals surface area contributed by atoms with Crippen LogP contribution in [0.15, 0.2) is 36.4 Å². The quantitative estimate of drug-likeness (QED) is 0.807. The Labute approximate surface area is 111 Å². The van der Waals surface area contributed by atoms with Crippen LogP contribution in [0.3, 0.4) is 0 Å². The van der Waals surface area contributed by atoms with Crippen LogP contribution in [0.5, 0.6) is 0 Å². The fraction of sp³-hybridized carbons (Fsp3) is 0.267. The molecule has 0 saturated carbocycles. The second-order valence-corrected chi connectivity index (χ2v) is 4.82. The van der Waals surface area contributed by atoms with Crippen molar-refractivity contribution in [3.63, 3.8) is 0 Å². The number of carbonyl (C=O) groups is 1. The third-order valence-corrected chi connectivity index (χ3v) is 3.43. The number of hydrogen-bond donors (Lipinski definition) is 2. The summed E-state index contributed by atoms with van der Waals surface area (Å²) in [5.41, 5.74) is 7.01. The maximum Gasteiger partial charge on any atom is 0.253 e. The third kappa shape index (κ3) is 2.39. The van der Waals surface area contributed by atoms with Crippen LogP contribution in [0.4, 0.5) is 5.69 Å². The van der Waals surface area contributed by atoms with Gasteiger partial charge >= 0.3 is 0 Å². The molecule has 1 amide bonds. The minimum Gasteiger partial charge on any atom is -0.398 e. The van der Waals surface area contributed by atoms with Crippen molar-refractivity contribution in [3.8, 4) is 0 Å². The molecule has 0 aliphatic carbocycles. The molecule has 3 N–H and O–H groups in total. The van der Waals surface area contributed by atoms with Crippen LogP contribution >= 0.6 is 0 Å². The Morgan fingerprint density at radius 3 is 2.68 bits per heavy atom. The normalized spacial score (nSPS) is 18.6. The Hall–Kier alpha value is -2.07. The van der Waals surface area contributed by atoms with E-state index >= 15 is 0 Å². The van der Waals surface area contributed by atoms with Gasteiger partial charge in [-0.1, -0.05) is 24.3 Å². The summed E-state index contributed by atoms with van der Waals surface area (Å²) in [6.07, 6.45) is 0.860. The Morgan fingerprint density at radius 1 is 1.26 bits per heavy atom. The highest BCUT2D eigenvalue weighted by molar-refractivity contribution is 6.04. The fourth-order valence-corrected chi connectivity index (χ4v) is 2.37. The molecule has 1 aliphatic rings. The lowest BCUT2D eigenvalue weighted by molar-refractivity contribution is 0.0931. The molecule has 1 aliphatic heterocycles. The van der Waals surface area contributed by atoms with E-state index in [1.165, 1.54) is 0 Å². The number of nitrogen functional groups attached to an aromatic ring is 1. The van der Waals surface area contributed by atoms with Gasteiger partial charge in [-0.05, 0) is 29.3 Å². The average Bonchev–Trinajstić information content (AvgIpc) is 2.90. The van der Waals surface area contributed by atoms with Crippen molar-refractivity contribution < 1.29 is 9.53 Å². The van der Waals surface area contributed by atoms with Crippen molar-refractivity contribution >= 4 is 22.4 Å². The number of amides is 1. The monoisotopic (exact) mass is 256 g/mol. The molecule has 1 atom stereocenters. The van der Waals surface area contributed by atoms with Gasteiger partial charge in [0.1, 0.15) is 0 Å². The highest BCUT2D eigenvalue weighted by Crippen LogP contribution is 2.22. The number of nitrogens with two attached hydrogens (primary N) is 1. The van der Waals surface area contributed by atoms with Crippen molar-refractivity contribution in [1.82, 2.24) is 5.32 Å². The number of benzene rings is 2. The zero-order valence-electron chi connectivity index (χ0n) is 10.6. The van der Waals surface area contributed by atoms with Crippen molar-refractivity contribution in [3.05, 3.63) is 42.0 Å². The summed E-state index contributed by atoms with van der Waals surface area (Å²) in [6, 6.07) is 11.6. The number of ether oxygens (including phenoxy) is 1. The van der Waals surface area contributed by atoms with E-state index in [-0.39, 0.29) is 11.9 Å². The summed E-state index contributed by atoms with van der Waals surface area (Å²) in [4.78, 5) is 12.2. The highest BCUT2D eigenvalue weighted by Gasteiger charge is 2.19. The molecule has 4 nitrogen and oxygen atoms in total. The number of fused-ring (bicyclic) bond motifs is 1. The van der Waals surface area contributed by atoms with E-state index in [1.54, 1.807) is 0 Å². The number of carbonyl (C=O) groups excluding carboxylic acids is 1. The smallest absolute Gasteiger partial charge is 0.253 e. The standard InChI is InChI=1S/C15H16N2O2/c16-14-8-11-4-2-1-3-10(11)7-13(14)15(18)17-12-5-6-19-9-12/h1-4,7-8,12H,5-6,9,16H2,(H,17,18). The van der Waals surface area contributed by atoms with Crippen LogP contribution in [-0.4, -0.2) is 25.2 Å². The molecule has 0 aromatic heterocycles. The summed E-state index contributed by atoms with van der Waals surface area (Å²) in [5.74, 6) is -0.126. The van der Waals surface area contributed by atoms with Crippen LogP contribution in [0.1, 0.15) is 16.8 Å². The number of hydrogen-bond acceptors (Lipinski definition) is 3. The van der Waals surface area contributed by atoms with Gasteiger partial charge in [-0.15, -0.1) is 0 Å². The van der Waals surface area contributed by atoms with Crippen LogP contribution in [-0.2, 0) is 4.74 Å². The molecule has 2 aromatic carbocycles. The summed E-state index contributed by atoms with van der Waals surface area (Å²) in [7, 11) is 0. The molecule has 98 valence electrons. The molecule has 1 heterocycles. The number of rotatable bonds is 2. The maximum atomic E-state index is 12.2. The van der Waals surface area contributed by atoms with E-state index < -0.39 is 0 Å². The van der Waals surface area contributed by atoms with Crippen LogP contribution in [0, 0.1) is 0 Å². The third-order valence-electron chi connectivity index (χ3n) is 3.43. The lowest BCUT2D eigenvalue weighted by Crippen LogP contribution is -2.35. The minimum atomic E-state index is -0.126. The Morgan fingerprint density at radius 2 is 2.00 bits per heavy atom. The van der Waals surface area contributed by atoms with Crippen molar-refractivity contribution in [2.75, 3.05) is 18.9 Å². The Bertz CT molecular complexity index is 619. The van der Waals surface area contributed by atoms with Gasteiger partial charge in [0.2, 0.25) is 0 Å². The largest absolute Gasteiger partial charge is 0.398 e. The molecule has 0 radical (unpaired) electrons. The van der Waals surface area contributed by atoms with Crippen LogP contribution < -0.4 is 11.1 Å². The fourth-order valence-electron chi connectivity index (χ4n) is 2.37. The highest BCUT2D eigenvalue weighted by atomic mass is 16.5.